The zero-order valence-electron chi connectivity index (χ0n) is 15.8. The molecule has 1 aliphatic rings. The Morgan fingerprint density at radius 3 is 2.89 bits per heavy atom. The van der Waals surface area contributed by atoms with E-state index in [1.54, 1.807) is 0 Å². The van der Waals surface area contributed by atoms with E-state index in [-0.39, 0.29) is 11.8 Å². The van der Waals surface area contributed by atoms with Crippen LogP contribution in [0.4, 0.5) is 5.13 Å². The van der Waals surface area contributed by atoms with Gasteiger partial charge in [0.15, 0.2) is 0 Å². The molecule has 0 radical (unpaired) electrons. The molecule has 1 unspecified atom stereocenters. The van der Waals surface area contributed by atoms with Gasteiger partial charge in [-0.1, -0.05) is 23.7 Å². The topological polar surface area (TPSA) is 61.4 Å². The first-order valence-electron chi connectivity index (χ1n) is 9.25. The highest BCUT2D eigenvalue weighted by Crippen LogP contribution is 2.25. The van der Waals surface area contributed by atoms with Crippen LogP contribution in [0.15, 0.2) is 24.3 Å². The molecule has 1 aromatic carbocycles. The van der Waals surface area contributed by atoms with E-state index in [1.165, 1.54) is 11.5 Å². The van der Waals surface area contributed by atoms with E-state index in [1.807, 2.05) is 38.4 Å². The van der Waals surface area contributed by atoms with Crippen LogP contribution in [0.5, 0.6) is 0 Å². The molecule has 1 N–H and O–H groups in total. The minimum Gasteiger partial charge on any atom is -0.355 e. The standard InChI is InChI=1S/C19H26ClN5OS/c1-24(2)11-9-21-18(26)15-4-3-10-25(13-15)19-22-17(23-27-19)12-14-5-7-16(20)8-6-14/h5-8,15H,3-4,9-13H2,1-2H3,(H,21,26). The zero-order chi connectivity index (χ0) is 19.2. The van der Waals surface area contributed by atoms with Crippen molar-refractivity contribution in [1.82, 2.24) is 19.6 Å². The fraction of sp³-hybridized carbons (Fsp3) is 0.526. The van der Waals surface area contributed by atoms with Crippen molar-refractivity contribution in [2.75, 3.05) is 45.2 Å². The number of aromatic nitrogens is 2. The SMILES string of the molecule is CN(C)CCNC(=O)C1CCCN(c2nc(Cc3ccc(Cl)cc3)ns2)C1. The Morgan fingerprint density at radius 1 is 1.37 bits per heavy atom. The highest BCUT2D eigenvalue weighted by Gasteiger charge is 2.27. The maximum absolute atomic E-state index is 12.4. The van der Waals surface area contributed by atoms with Gasteiger partial charge in [0.05, 0.1) is 5.92 Å². The van der Waals surface area contributed by atoms with E-state index in [0.29, 0.717) is 19.5 Å². The van der Waals surface area contributed by atoms with Gasteiger partial charge < -0.3 is 15.1 Å². The smallest absolute Gasteiger partial charge is 0.224 e. The summed E-state index contributed by atoms with van der Waals surface area (Å²) in [6.07, 6.45) is 2.62. The number of likely N-dealkylation sites (N-methyl/N-ethyl adjacent to an activating group) is 1. The molecule has 146 valence electrons. The second kappa shape index (κ2) is 9.48. The van der Waals surface area contributed by atoms with Gasteiger partial charge in [0.2, 0.25) is 11.0 Å². The van der Waals surface area contributed by atoms with Crippen LogP contribution in [0.3, 0.4) is 0 Å². The number of amides is 1. The predicted octanol–water partition coefficient (Wildman–Crippen LogP) is 2.68. The largest absolute Gasteiger partial charge is 0.355 e. The molecule has 0 bridgehead atoms. The summed E-state index contributed by atoms with van der Waals surface area (Å²) in [5, 5.41) is 4.69. The van der Waals surface area contributed by atoms with Crippen LogP contribution in [0, 0.1) is 5.92 Å². The fourth-order valence-corrected chi connectivity index (χ4v) is 3.99. The minimum atomic E-state index is 0.0181. The molecule has 0 saturated carbocycles. The molecule has 1 atom stereocenters. The van der Waals surface area contributed by atoms with Gasteiger partial charge in [0, 0.05) is 49.2 Å². The van der Waals surface area contributed by atoms with Crippen LogP contribution in [0.2, 0.25) is 5.02 Å². The lowest BCUT2D eigenvalue weighted by atomic mass is 9.97. The lowest BCUT2D eigenvalue weighted by Crippen LogP contribution is -2.44. The van der Waals surface area contributed by atoms with Gasteiger partial charge in [-0.05, 0) is 44.6 Å². The summed E-state index contributed by atoms with van der Waals surface area (Å²) < 4.78 is 4.50. The Bertz CT molecular complexity index is 749. The van der Waals surface area contributed by atoms with E-state index in [2.05, 4.69) is 19.5 Å². The van der Waals surface area contributed by atoms with Crippen LogP contribution in [0.25, 0.3) is 0 Å². The second-order valence-corrected chi connectivity index (χ2v) is 8.34. The number of halogens is 1. The van der Waals surface area contributed by atoms with Gasteiger partial charge in [0.25, 0.3) is 0 Å². The Labute approximate surface area is 169 Å². The molecule has 1 fully saturated rings. The number of hydrogen-bond acceptors (Lipinski definition) is 6. The first-order chi connectivity index (χ1) is 13.0. The summed E-state index contributed by atoms with van der Waals surface area (Å²) in [4.78, 5) is 21.4. The molecule has 1 saturated heterocycles. The number of anilines is 1. The van der Waals surface area contributed by atoms with E-state index in [0.717, 1.165) is 47.5 Å². The van der Waals surface area contributed by atoms with Crippen molar-refractivity contribution in [3.63, 3.8) is 0 Å². The molecule has 0 spiro atoms. The Morgan fingerprint density at radius 2 is 2.15 bits per heavy atom. The molecular formula is C19H26ClN5OS. The van der Waals surface area contributed by atoms with Crippen molar-refractivity contribution in [2.24, 2.45) is 5.92 Å². The van der Waals surface area contributed by atoms with Gasteiger partial charge >= 0.3 is 0 Å². The van der Waals surface area contributed by atoms with Gasteiger partial charge in [-0.15, -0.1) is 0 Å². The van der Waals surface area contributed by atoms with Crippen molar-refractivity contribution < 1.29 is 4.79 Å². The zero-order valence-corrected chi connectivity index (χ0v) is 17.4. The van der Waals surface area contributed by atoms with Crippen LogP contribution in [-0.2, 0) is 11.2 Å². The highest BCUT2D eigenvalue weighted by atomic mass is 35.5. The monoisotopic (exact) mass is 407 g/mol. The van der Waals surface area contributed by atoms with E-state index in [4.69, 9.17) is 16.6 Å². The second-order valence-electron chi connectivity index (χ2n) is 7.18. The van der Waals surface area contributed by atoms with Crippen molar-refractivity contribution in [1.29, 1.82) is 0 Å². The Balaban J connectivity index is 1.55. The molecule has 1 aliphatic heterocycles. The van der Waals surface area contributed by atoms with Crippen molar-refractivity contribution in [2.45, 2.75) is 19.3 Å². The molecule has 2 aromatic rings. The fourth-order valence-electron chi connectivity index (χ4n) is 3.14. The summed E-state index contributed by atoms with van der Waals surface area (Å²) >= 11 is 7.35. The van der Waals surface area contributed by atoms with Crippen molar-refractivity contribution in [3.05, 3.63) is 40.7 Å². The third-order valence-corrected chi connectivity index (χ3v) is 5.72. The number of carbonyl (C=O) groups is 1. The summed E-state index contributed by atoms with van der Waals surface area (Å²) in [5.74, 6) is 0.979. The number of piperidine rings is 1. The number of nitrogens with zero attached hydrogens (tertiary/aromatic N) is 4. The number of nitrogens with one attached hydrogen (secondary N) is 1. The van der Waals surface area contributed by atoms with E-state index < -0.39 is 0 Å². The summed E-state index contributed by atoms with van der Waals surface area (Å²) in [7, 11) is 4.01. The maximum Gasteiger partial charge on any atom is 0.224 e. The van der Waals surface area contributed by atoms with Crippen molar-refractivity contribution in [3.8, 4) is 0 Å². The third kappa shape index (κ3) is 5.89. The molecule has 8 heteroatoms. The molecule has 2 heterocycles. The summed E-state index contributed by atoms with van der Waals surface area (Å²) in [6, 6.07) is 7.76. The first-order valence-corrected chi connectivity index (χ1v) is 10.4. The number of rotatable bonds is 7. The quantitative estimate of drug-likeness (QED) is 0.764. The predicted molar refractivity (Wildman–Crippen MR) is 111 cm³/mol. The van der Waals surface area contributed by atoms with Gasteiger partial charge in [0.1, 0.15) is 5.82 Å². The lowest BCUT2D eigenvalue weighted by Gasteiger charge is -2.31. The number of carbonyl (C=O) groups excluding carboxylic acids is 1. The Kier molecular flexibility index (Phi) is 7.04. The van der Waals surface area contributed by atoms with Crippen LogP contribution >= 0.6 is 23.1 Å². The summed E-state index contributed by atoms with van der Waals surface area (Å²) in [5.41, 5.74) is 1.14. The molecule has 3 rings (SSSR count). The van der Waals surface area contributed by atoms with Crippen LogP contribution in [0.1, 0.15) is 24.2 Å². The van der Waals surface area contributed by atoms with Gasteiger partial charge in [-0.3, -0.25) is 4.79 Å². The van der Waals surface area contributed by atoms with E-state index >= 15 is 0 Å². The van der Waals surface area contributed by atoms with E-state index in [9.17, 15) is 4.79 Å². The number of benzene rings is 1. The van der Waals surface area contributed by atoms with Crippen LogP contribution in [-0.4, -0.2) is 60.4 Å². The minimum absolute atomic E-state index is 0.0181. The molecular weight excluding hydrogens is 382 g/mol. The molecule has 1 aromatic heterocycles. The van der Waals surface area contributed by atoms with Gasteiger partial charge in [-0.25, -0.2) is 4.98 Å². The van der Waals surface area contributed by atoms with Crippen molar-refractivity contribution >= 4 is 34.2 Å². The maximum atomic E-state index is 12.4. The molecule has 1 amide bonds. The molecule has 0 aliphatic carbocycles. The van der Waals surface area contributed by atoms with Gasteiger partial charge in [-0.2, -0.15) is 4.37 Å². The normalized spacial score (nSPS) is 17.3. The summed E-state index contributed by atoms with van der Waals surface area (Å²) in [6.45, 7) is 3.18. The highest BCUT2D eigenvalue weighted by molar-refractivity contribution is 7.09. The average molecular weight is 408 g/mol. The third-order valence-electron chi connectivity index (χ3n) is 4.65. The Hall–Kier alpha value is -1.70. The molecule has 27 heavy (non-hydrogen) atoms. The van der Waals surface area contributed by atoms with Crippen LogP contribution < -0.4 is 10.2 Å². The average Bonchev–Trinajstić information content (AvgIpc) is 3.12. The first kappa shape index (κ1) is 20.0. The lowest BCUT2D eigenvalue weighted by molar-refractivity contribution is -0.125. The number of hydrogen-bond donors (Lipinski definition) is 1. The molecule has 6 nitrogen and oxygen atoms in total.